The number of hydrogen-bond donors (Lipinski definition) is 1. The fraction of sp³-hybridized carbons (Fsp3) is 0.684. The Morgan fingerprint density at radius 1 is 1.14 bits per heavy atom. The lowest BCUT2D eigenvalue weighted by Crippen LogP contribution is -2.40. The summed E-state index contributed by atoms with van der Waals surface area (Å²) in [6, 6.07) is 10.1. The van der Waals surface area contributed by atoms with Crippen LogP contribution in [0.5, 0.6) is 0 Å². The molecule has 1 aromatic rings. The van der Waals surface area contributed by atoms with Crippen molar-refractivity contribution >= 4 is 0 Å². The van der Waals surface area contributed by atoms with Crippen molar-refractivity contribution in [1.29, 1.82) is 0 Å². The number of nitrogens with one attached hydrogen (secondary N) is 1. The van der Waals surface area contributed by atoms with Crippen LogP contribution in [0.25, 0.3) is 0 Å². The van der Waals surface area contributed by atoms with Crippen molar-refractivity contribution in [2.75, 3.05) is 20.6 Å². The molecule has 3 unspecified atom stereocenters. The number of rotatable bonds is 6. The quantitative estimate of drug-likeness (QED) is 0.844. The Kier molecular flexibility index (Phi) is 5.83. The van der Waals surface area contributed by atoms with E-state index in [-0.39, 0.29) is 0 Å². The third-order valence-electron chi connectivity index (χ3n) is 4.86. The number of nitrogens with zero attached hydrogens (tertiary/aromatic N) is 1. The van der Waals surface area contributed by atoms with Gasteiger partial charge in [-0.05, 0) is 56.3 Å². The molecular weight excluding hydrogens is 256 g/mol. The van der Waals surface area contributed by atoms with Crippen molar-refractivity contribution in [2.45, 2.75) is 58.0 Å². The number of fused-ring (bicyclic) bond motifs is 1. The first-order valence-corrected chi connectivity index (χ1v) is 8.47. The fourth-order valence-electron chi connectivity index (χ4n) is 3.52. The van der Waals surface area contributed by atoms with Gasteiger partial charge in [0.25, 0.3) is 0 Å². The van der Waals surface area contributed by atoms with Gasteiger partial charge in [-0.25, -0.2) is 0 Å². The molecule has 0 heterocycles. The monoisotopic (exact) mass is 288 g/mol. The van der Waals surface area contributed by atoms with Gasteiger partial charge in [-0.2, -0.15) is 0 Å². The Balaban J connectivity index is 2.02. The Morgan fingerprint density at radius 2 is 1.81 bits per heavy atom. The number of benzene rings is 1. The van der Waals surface area contributed by atoms with Gasteiger partial charge in [0.05, 0.1) is 0 Å². The van der Waals surface area contributed by atoms with Crippen molar-refractivity contribution < 1.29 is 0 Å². The van der Waals surface area contributed by atoms with E-state index in [2.05, 4.69) is 69.3 Å². The molecule has 2 heteroatoms. The average Bonchev–Trinajstić information content (AvgIpc) is 2.45. The summed E-state index contributed by atoms with van der Waals surface area (Å²) in [4.78, 5) is 2.37. The molecule has 0 saturated heterocycles. The van der Waals surface area contributed by atoms with Gasteiger partial charge in [-0.3, -0.25) is 0 Å². The molecule has 1 N–H and O–H groups in total. The van der Waals surface area contributed by atoms with Crippen molar-refractivity contribution in [3.05, 3.63) is 35.4 Å². The third kappa shape index (κ3) is 4.31. The van der Waals surface area contributed by atoms with E-state index in [0.29, 0.717) is 18.0 Å². The minimum Gasteiger partial charge on any atom is -0.308 e. The summed E-state index contributed by atoms with van der Waals surface area (Å²) in [6.45, 7) is 8.07. The molecular formula is C19H32N2. The molecule has 2 nitrogen and oxygen atoms in total. The van der Waals surface area contributed by atoms with Crippen LogP contribution in [0.2, 0.25) is 0 Å². The van der Waals surface area contributed by atoms with E-state index in [1.54, 1.807) is 5.56 Å². The van der Waals surface area contributed by atoms with Crippen LogP contribution in [0.1, 0.15) is 63.1 Å². The van der Waals surface area contributed by atoms with Crippen LogP contribution in [-0.4, -0.2) is 31.6 Å². The predicted octanol–water partition coefficient (Wildman–Crippen LogP) is 4.19. The highest BCUT2D eigenvalue weighted by atomic mass is 15.1. The lowest BCUT2D eigenvalue weighted by atomic mass is 9.81. The largest absolute Gasteiger partial charge is 0.308 e. The molecule has 0 radical (unpaired) electrons. The molecule has 0 saturated carbocycles. The number of hydrogen-bond acceptors (Lipinski definition) is 2. The molecule has 0 bridgehead atoms. The summed E-state index contributed by atoms with van der Waals surface area (Å²) in [5.74, 6) is 1.46. The molecule has 1 aromatic carbocycles. The van der Waals surface area contributed by atoms with Crippen molar-refractivity contribution in [1.82, 2.24) is 10.2 Å². The highest BCUT2D eigenvalue weighted by Gasteiger charge is 2.25. The van der Waals surface area contributed by atoms with Gasteiger partial charge in [0.2, 0.25) is 0 Å². The predicted molar refractivity (Wildman–Crippen MR) is 91.8 cm³/mol. The summed E-state index contributed by atoms with van der Waals surface area (Å²) in [7, 11) is 4.40. The first-order valence-electron chi connectivity index (χ1n) is 8.47. The van der Waals surface area contributed by atoms with Crippen molar-refractivity contribution in [3.63, 3.8) is 0 Å². The zero-order valence-corrected chi connectivity index (χ0v) is 14.4. The molecule has 21 heavy (non-hydrogen) atoms. The van der Waals surface area contributed by atoms with E-state index in [0.717, 1.165) is 12.5 Å². The van der Waals surface area contributed by atoms with E-state index < -0.39 is 0 Å². The van der Waals surface area contributed by atoms with E-state index in [4.69, 9.17) is 0 Å². The van der Waals surface area contributed by atoms with E-state index in [9.17, 15) is 0 Å². The molecule has 1 aliphatic carbocycles. The molecule has 3 atom stereocenters. The SMILES string of the molecule is CC(C)CC(CNC1CCC(C)c2ccccc21)N(C)C. The van der Waals surface area contributed by atoms with Gasteiger partial charge in [-0.15, -0.1) is 0 Å². The summed E-state index contributed by atoms with van der Waals surface area (Å²) in [5, 5.41) is 3.84. The minimum absolute atomic E-state index is 0.534. The fourth-order valence-corrected chi connectivity index (χ4v) is 3.52. The van der Waals surface area contributed by atoms with E-state index in [1.165, 1.54) is 24.8 Å². The first-order chi connectivity index (χ1) is 9.99. The van der Waals surface area contributed by atoms with Gasteiger partial charge in [0.1, 0.15) is 0 Å². The van der Waals surface area contributed by atoms with Gasteiger partial charge in [0, 0.05) is 18.6 Å². The lowest BCUT2D eigenvalue weighted by molar-refractivity contribution is 0.236. The molecule has 0 fully saturated rings. The molecule has 1 aliphatic rings. The maximum Gasteiger partial charge on any atom is 0.0323 e. The van der Waals surface area contributed by atoms with Crippen LogP contribution in [0.4, 0.5) is 0 Å². The van der Waals surface area contributed by atoms with Crippen LogP contribution >= 0.6 is 0 Å². The van der Waals surface area contributed by atoms with Gasteiger partial charge < -0.3 is 10.2 Å². The second-order valence-electron chi connectivity index (χ2n) is 7.32. The maximum atomic E-state index is 3.84. The maximum absolute atomic E-state index is 3.84. The van der Waals surface area contributed by atoms with E-state index >= 15 is 0 Å². The Bertz CT molecular complexity index is 439. The highest BCUT2D eigenvalue weighted by molar-refractivity contribution is 5.34. The van der Waals surface area contributed by atoms with Crippen molar-refractivity contribution in [3.8, 4) is 0 Å². The Labute approximate surface area is 130 Å². The summed E-state index contributed by atoms with van der Waals surface area (Å²) >= 11 is 0. The summed E-state index contributed by atoms with van der Waals surface area (Å²) in [5.41, 5.74) is 3.07. The van der Waals surface area contributed by atoms with Crippen LogP contribution < -0.4 is 5.32 Å². The smallest absolute Gasteiger partial charge is 0.0323 e. The summed E-state index contributed by atoms with van der Waals surface area (Å²) < 4.78 is 0. The second-order valence-corrected chi connectivity index (χ2v) is 7.32. The van der Waals surface area contributed by atoms with Crippen LogP contribution in [0.15, 0.2) is 24.3 Å². The molecule has 0 spiro atoms. The normalized spacial score (nSPS) is 23.4. The lowest BCUT2D eigenvalue weighted by Gasteiger charge is -2.33. The molecule has 0 aromatic heterocycles. The zero-order chi connectivity index (χ0) is 15.4. The topological polar surface area (TPSA) is 15.3 Å². The van der Waals surface area contributed by atoms with Gasteiger partial charge >= 0.3 is 0 Å². The van der Waals surface area contributed by atoms with Crippen LogP contribution in [0, 0.1) is 5.92 Å². The first kappa shape index (κ1) is 16.5. The van der Waals surface area contributed by atoms with Crippen LogP contribution in [-0.2, 0) is 0 Å². The molecule has 0 aliphatic heterocycles. The Morgan fingerprint density at radius 3 is 2.43 bits per heavy atom. The Hall–Kier alpha value is -0.860. The van der Waals surface area contributed by atoms with E-state index in [1.807, 2.05) is 0 Å². The molecule has 2 rings (SSSR count). The third-order valence-corrected chi connectivity index (χ3v) is 4.86. The van der Waals surface area contributed by atoms with Gasteiger partial charge in [-0.1, -0.05) is 45.0 Å². The highest BCUT2D eigenvalue weighted by Crippen LogP contribution is 2.36. The van der Waals surface area contributed by atoms with Crippen molar-refractivity contribution in [2.24, 2.45) is 5.92 Å². The zero-order valence-electron chi connectivity index (χ0n) is 14.4. The number of likely N-dealkylation sites (N-methyl/N-ethyl adjacent to an activating group) is 1. The minimum atomic E-state index is 0.534. The average molecular weight is 288 g/mol. The second kappa shape index (κ2) is 7.42. The van der Waals surface area contributed by atoms with Gasteiger partial charge in [0.15, 0.2) is 0 Å². The summed E-state index contributed by atoms with van der Waals surface area (Å²) in [6.07, 6.45) is 3.82. The molecule has 118 valence electrons. The van der Waals surface area contributed by atoms with Crippen LogP contribution in [0.3, 0.4) is 0 Å². The standard InChI is InChI=1S/C19H32N2/c1-14(2)12-16(21(4)5)13-20-19-11-10-15(3)17-8-6-7-9-18(17)19/h6-9,14-16,19-20H,10-13H2,1-5H3. The molecule has 0 amide bonds.